The van der Waals surface area contributed by atoms with Crippen molar-refractivity contribution in [1.82, 2.24) is 10.2 Å². The van der Waals surface area contributed by atoms with Crippen molar-refractivity contribution in [1.29, 1.82) is 0 Å². The highest BCUT2D eigenvalue weighted by Gasteiger charge is 2.21. The first-order valence-corrected chi connectivity index (χ1v) is 8.63. The van der Waals surface area contributed by atoms with Crippen LogP contribution in [0.5, 0.6) is 0 Å². The standard InChI is InChI=1S/C19H32N2/c1-5-10-20-19(14-21-11-6-7-16(3)13-21)18-9-8-15(2)12-17(18)4/h8-9,12,16,19-20H,5-7,10-11,13-14H2,1-4H3. The van der Waals surface area contributed by atoms with Gasteiger partial charge >= 0.3 is 0 Å². The Morgan fingerprint density at radius 3 is 2.81 bits per heavy atom. The van der Waals surface area contributed by atoms with E-state index in [9.17, 15) is 0 Å². The Balaban J connectivity index is 2.09. The van der Waals surface area contributed by atoms with Gasteiger partial charge in [0.15, 0.2) is 0 Å². The van der Waals surface area contributed by atoms with Crippen LogP contribution in [0.4, 0.5) is 0 Å². The first-order valence-electron chi connectivity index (χ1n) is 8.63. The van der Waals surface area contributed by atoms with Crippen molar-refractivity contribution in [2.75, 3.05) is 26.2 Å². The summed E-state index contributed by atoms with van der Waals surface area (Å²) in [5, 5.41) is 3.77. The summed E-state index contributed by atoms with van der Waals surface area (Å²) in [7, 11) is 0. The molecule has 0 aromatic heterocycles. The Kier molecular flexibility index (Phi) is 6.25. The topological polar surface area (TPSA) is 15.3 Å². The lowest BCUT2D eigenvalue weighted by atomic mass is 9.96. The molecule has 1 saturated heterocycles. The van der Waals surface area contributed by atoms with Crippen molar-refractivity contribution in [2.24, 2.45) is 5.92 Å². The van der Waals surface area contributed by atoms with Crippen molar-refractivity contribution in [3.05, 3.63) is 34.9 Å². The molecule has 21 heavy (non-hydrogen) atoms. The van der Waals surface area contributed by atoms with Crippen molar-refractivity contribution >= 4 is 0 Å². The molecule has 0 spiro atoms. The molecular weight excluding hydrogens is 256 g/mol. The highest BCUT2D eigenvalue weighted by molar-refractivity contribution is 5.33. The van der Waals surface area contributed by atoms with Gasteiger partial charge in [-0.2, -0.15) is 0 Å². The molecule has 2 rings (SSSR count). The summed E-state index contributed by atoms with van der Waals surface area (Å²) in [6.07, 6.45) is 3.94. The molecular formula is C19H32N2. The van der Waals surface area contributed by atoms with Gasteiger partial charge in [-0.1, -0.05) is 37.6 Å². The summed E-state index contributed by atoms with van der Waals surface area (Å²) in [4.78, 5) is 2.65. The number of benzene rings is 1. The average Bonchev–Trinajstić information content (AvgIpc) is 2.44. The van der Waals surface area contributed by atoms with E-state index in [0.29, 0.717) is 6.04 Å². The molecule has 1 aliphatic heterocycles. The molecule has 0 radical (unpaired) electrons. The third kappa shape index (κ3) is 4.82. The van der Waals surface area contributed by atoms with Crippen molar-refractivity contribution in [3.8, 4) is 0 Å². The van der Waals surface area contributed by atoms with Crippen LogP contribution >= 0.6 is 0 Å². The van der Waals surface area contributed by atoms with Crippen LogP contribution in [-0.2, 0) is 0 Å². The smallest absolute Gasteiger partial charge is 0.0451 e. The normalized spacial score (nSPS) is 21.4. The predicted molar refractivity (Wildman–Crippen MR) is 91.8 cm³/mol. The van der Waals surface area contributed by atoms with E-state index >= 15 is 0 Å². The number of aryl methyl sites for hydroxylation is 2. The molecule has 118 valence electrons. The molecule has 2 unspecified atom stereocenters. The summed E-state index contributed by atoms with van der Waals surface area (Å²) in [5.74, 6) is 0.852. The number of hydrogen-bond acceptors (Lipinski definition) is 2. The zero-order chi connectivity index (χ0) is 15.2. The molecule has 1 aromatic carbocycles. The Labute approximate surface area is 130 Å². The van der Waals surface area contributed by atoms with Gasteiger partial charge in [-0.3, -0.25) is 0 Å². The molecule has 0 aliphatic carbocycles. The molecule has 1 aromatic rings. The second-order valence-electron chi connectivity index (χ2n) is 6.87. The Morgan fingerprint density at radius 1 is 1.33 bits per heavy atom. The molecule has 0 bridgehead atoms. The highest BCUT2D eigenvalue weighted by atomic mass is 15.2. The van der Waals surface area contributed by atoms with Gasteiger partial charge in [0.05, 0.1) is 0 Å². The maximum Gasteiger partial charge on any atom is 0.0451 e. The van der Waals surface area contributed by atoms with E-state index in [1.165, 1.54) is 49.0 Å². The van der Waals surface area contributed by atoms with Gasteiger partial charge in [-0.15, -0.1) is 0 Å². The number of likely N-dealkylation sites (tertiary alicyclic amines) is 1. The van der Waals surface area contributed by atoms with Crippen molar-refractivity contribution in [3.63, 3.8) is 0 Å². The number of hydrogen-bond donors (Lipinski definition) is 1. The molecule has 1 heterocycles. The average molecular weight is 288 g/mol. The third-order valence-electron chi connectivity index (χ3n) is 4.62. The van der Waals surface area contributed by atoms with Crippen LogP contribution in [-0.4, -0.2) is 31.1 Å². The summed E-state index contributed by atoms with van der Waals surface area (Å²) in [5.41, 5.74) is 4.26. The van der Waals surface area contributed by atoms with Crippen LogP contribution in [0.25, 0.3) is 0 Å². The summed E-state index contributed by atoms with van der Waals surface area (Å²) in [6, 6.07) is 7.36. The van der Waals surface area contributed by atoms with Crippen LogP contribution in [0.2, 0.25) is 0 Å². The summed E-state index contributed by atoms with van der Waals surface area (Å²) >= 11 is 0. The van der Waals surface area contributed by atoms with Crippen LogP contribution < -0.4 is 5.32 Å². The molecule has 0 amide bonds. The second kappa shape index (κ2) is 7.95. The zero-order valence-corrected chi connectivity index (χ0v) is 14.3. The minimum absolute atomic E-state index is 0.468. The van der Waals surface area contributed by atoms with Crippen molar-refractivity contribution < 1.29 is 0 Å². The number of nitrogens with one attached hydrogen (secondary N) is 1. The van der Waals surface area contributed by atoms with Gasteiger partial charge in [-0.05, 0) is 63.2 Å². The van der Waals surface area contributed by atoms with Gasteiger partial charge in [0.2, 0.25) is 0 Å². The Bertz CT molecular complexity index is 441. The minimum atomic E-state index is 0.468. The van der Waals surface area contributed by atoms with E-state index < -0.39 is 0 Å². The lowest BCUT2D eigenvalue weighted by molar-refractivity contribution is 0.167. The van der Waals surface area contributed by atoms with E-state index in [1.54, 1.807) is 0 Å². The van der Waals surface area contributed by atoms with E-state index in [2.05, 4.69) is 56.1 Å². The molecule has 1 aliphatic rings. The lowest BCUT2D eigenvalue weighted by Gasteiger charge is -2.34. The van der Waals surface area contributed by atoms with E-state index in [-0.39, 0.29) is 0 Å². The van der Waals surface area contributed by atoms with E-state index in [1.807, 2.05) is 0 Å². The van der Waals surface area contributed by atoms with Gasteiger partial charge in [0.1, 0.15) is 0 Å². The molecule has 2 nitrogen and oxygen atoms in total. The number of nitrogens with zero attached hydrogens (tertiary/aromatic N) is 1. The third-order valence-corrected chi connectivity index (χ3v) is 4.62. The first kappa shape index (κ1) is 16.5. The van der Waals surface area contributed by atoms with Crippen LogP contribution in [0.3, 0.4) is 0 Å². The maximum absolute atomic E-state index is 3.77. The fourth-order valence-corrected chi connectivity index (χ4v) is 3.52. The zero-order valence-electron chi connectivity index (χ0n) is 14.3. The van der Waals surface area contributed by atoms with Crippen LogP contribution in [0, 0.1) is 19.8 Å². The van der Waals surface area contributed by atoms with Crippen molar-refractivity contribution in [2.45, 2.75) is 53.0 Å². The minimum Gasteiger partial charge on any atom is -0.309 e. The Morgan fingerprint density at radius 2 is 2.14 bits per heavy atom. The molecule has 2 atom stereocenters. The van der Waals surface area contributed by atoms with Gasteiger partial charge in [-0.25, -0.2) is 0 Å². The van der Waals surface area contributed by atoms with Gasteiger partial charge < -0.3 is 10.2 Å². The molecule has 2 heteroatoms. The predicted octanol–water partition coefficient (Wildman–Crippen LogP) is 4.08. The number of piperidine rings is 1. The summed E-state index contributed by atoms with van der Waals surface area (Å²) < 4.78 is 0. The monoisotopic (exact) mass is 288 g/mol. The van der Waals surface area contributed by atoms with E-state index in [4.69, 9.17) is 0 Å². The first-order chi connectivity index (χ1) is 10.1. The Hall–Kier alpha value is -0.860. The number of rotatable bonds is 6. The maximum atomic E-state index is 3.77. The van der Waals surface area contributed by atoms with Gasteiger partial charge in [0, 0.05) is 19.1 Å². The van der Waals surface area contributed by atoms with E-state index in [0.717, 1.165) is 19.0 Å². The summed E-state index contributed by atoms with van der Waals surface area (Å²) in [6.45, 7) is 13.8. The largest absolute Gasteiger partial charge is 0.309 e. The van der Waals surface area contributed by atoms with Crippen LogP contribution in [0.1, 0.15) is 55.8 Å². The van der Waals surface area contributed by atoms with Crippen LogP contribution in [0.15, 0.2) is 18.2 Å². The molecule has 0 saturated carbocycles. The molecule has 1 fully saturated rings. The lowest BCUT2D eigenvalue weighted by Crippen LogP contribution is -2.41. The SMILES string of the molecule is CCCNC(CN1CCCC(C)C1)c1ccc(C)cc1C. The quantitative estimate of drug-likeness (QED) is 0.848. The molecule has 1 N–H and O–H groups in total. The fourth-order valence-electron chi connectivity index (χ4n) is 3.52. The fraction of sp³-hybridized carbons (Fsp3) is 0.684. The highest BCUT2D eigenvalue weighted by Crippen LogP contribution is 2.23. The second-order valence-corrected chi connectivity index (χ2v) is 6.87. The van der Waals surface area contributed by atoms with Gasteiger partial charge in [0.25, 0.3) is 0 Å².